The van der Waals surface area contributed by atoms with Gasteiger partial charge in [0.15, 0.2) is 11.0 Å². The second-order valence-electron chi connectivity index (χ2n) is 9.03. The molecule has 5 aromatic rings. The van der Waals surface area contributed by atoms with E-state index in [0.29, 0.717) is 15.1 Å². The van der Waals surface area contributed by atoms with E-state index in [9.17, 15) is 4.79 Å². The number of rotatable bonds is 5. The van der Waals surface area contributed by atoms with Crippen molar-refractivity contribution in [3.63, 3.8) is 0 Å². The van der Waals surface area contributed by atoms with Crippen LogP contribution in [0.5, 0.6) is 0 Å². The smallest absolute Gasteiger partial charge is 0.263 e. The molecule has 0 unspecified atom stereocenters. The minimum atomic E-state index is -0.158. The molecule has 0 bridgehead atoms. The summed E-state index contributed by atoms with van der Waals surface area (Å²) in [5, 5.41) is 11.4. The van der Waals surface area contributed by atoms with Crippen LogP contribution in [-0.2, 0) is 0 Å². The minimum absolute atomic E-state index is 0.158. The van der Waals surface area contributed by atoms with Crippen molar-refractivity contribution in [3.05, 3.63) is 88.4 Å². The molecule has 6 rings (SSSR count). The Morgan fingerprint density at radius 2 is 1.75 bits per heavy atom. The third kappa shape index (κ3) is 4.33. The van der Waals surface area contributed by atoms with E-state index < -0.39 is 0 Å². The maximum absolute atomic E-state index is 13.5. The first-order chi connectivity index (χ1) is 17.7. The van der Waals surface area contributed by atoms with Crippen LogP contribution in [0.1, 0.15) is 38.1 Å². The van der Waals surface area contributed by atoms with Gasteiger partial charge in [-0.2, -0.15) is 0 Å². The van der Waals surface area contributed by atoms with E-state index in [0.717, 1.165) is 46.3 Å². The Morgan fingerprint density at radius 1 is 0.944 bits per heavy atom. The van der Waals surface area contributed by atoms with Gasteiger partial charge in [-0.05, 0) is 60.5 Å². The highest BCUT2D eigenvalue weighted by molar-refractivity contribution is 7.99. The number of hydrogen-bond acceptors (Lipinski definition) is 5. The maximum atomic E-state index is 13.5. The number of aromatic amines is 1. The van der Waals surface area contributed by atoms with Gasteiger partial charge < -0.3 is 4.98 Å². The summed E-state index contributed by atoms with van der Waals surface area (Å²) in [7, 11) is 0. The van der Waals surface area contributed by atoms with Crippen LogP contribution in [0, 0.1) is 0 Å². The van der Waals surface area contributed by atoms with E-state index in [1.165, 1.54) is 31.0 Å². The molecule has 1 fully saturated rings. The molecule has 0 saturated heterocycles. The third-order valence-electron chi connectivity index (χ3n) is 6.71. The number of nitrogens with zero attached hydrogens (tertiary/aromatic N) is 4. The van der Waals surface area contributed by atoms with E-state index in [4.69, 9.17) is 11.6 Å². The fourth-order valence-corrected chi connectivity index (χ4v) is 6.28. The van der Waals surface area contributed by atoms with Gasteiger partial charge in [0.2, 0.25) is 0 Å². The lowest BCUT2D eigenvalue weighted by molar-refractivity contribution is 0.339. The quantitative estimate of drug-likeness (QED) is 0.270. The minimum Gasteiger partial charge on any atom is -0.321 e. The average molecular weight is 514 g/mol. The van der Waals surface area contributed by atoms with Crippen LogP contribution >= 0.6 is 23.4 Å². The molecule has 0 atom stereocenters. The van der Waals surface area contributed by atoms with Crippen LogP contribution in [0.25, 0.3) is 33.4 Å². The summed E-state index contributed by atoms with van der Waals surface area (Å²) >= 11 is 7.77. The Bertz CT molecular complexity index is 1580. The molecule has 3 heterocycles. The van der Waals surface area contributed by atoms with Crippen LogP contribution in [0.4, 0.5) is 0 Å². The number of aromatic nitrogens is 5. The van der Waals surface area contributed by atoms with Gasteiger partial charge in [0, 0.05) is 45.5 Å². The summed E-state index contributed by atoms with van der Waals surface area (Å²) in [6.45, 7) is 0. The van der Waals surface area contributed by atoms with Gasteiger partial charge in [0.1, 0.15) is 0 Å². The summed E-state index contributed by atoms with van der Waals surface area (Å²) in [6.07, 6.45) is 9.28. The molecule has 8 heteroatoms. The highest BCUT2D eigenvalue weighted by atomic mass is 35.5. The molecule has 36 heavy (non-hydrogen) atoms. The molecule has 0 amide bonds. The van der Waals surface area contributed by atoms with Crippen molar-refractivity contribution in [1.82, 2.24) is 24.7 Å². The van der Waals surface area contributed by atoms with Gasteiger partial charge in [-0.25, -0.2) is 0 Å². The number of fused-ring (bicyclic) bond motifs is 1. The molecule has 1 aliphatic carbocycles. The second-order valence-corrected chi connectivity index (χ2v) is 10.4. The van der Waals surface area contributed by atoms with Gasteiger partial charge in [-0.3, -0.25) is 14.3 Å². The third-order valence-corrected chi connectivity index (χ3v) is 8.00. The van der Waals surface area contributed by atoms with Crippen molar-refractivity contribution in [3.8, 4) is 22.5 Å². The average Bonchev–Trinajstić information content (AvgIpc) is 3.34. The summed E-state index contributed by atoms with van der Waals surface area (Å²) in [5.74, 6) is 0.791. The van der Waals surface area contributed by atoms with Crippen LogP contribution in [0.3, 0.4) is 0 Å². The lowest BCUT2D eigenvalue weighted by Gasteiger charge is -2.25. The zero-order valence-electron chi connectivity index (χ0n) is 19.5. The number of halogens is 1. The SMILES string of the molecule is O=c1[nH]c2ccc(Cl)cc2c(-c2ccccc2)c1Sc1nnc(-c2cccnc2)n1C1CCCCC1. The van der Waals surface area contributed by atoms with E-state index in [-0.39, 0.29) is 11.6 Å². The highest BCUT2D eigenvalue weighted by Gasteiger charge is 2.26. The van der Waals surface area contributed by atoms with Gasteiger partial charge in [-0.1, -0.05) is 61.2 Å². The normalized spacial score (nSPS) is 14.4. The van der Waals surface area contributed by atoms with Gasteiger partial charge >= 0.3 is 0 Å². The largest absolute Gasteiger partial charge is 0.321 e. The summed E-state index contributed by atoms with van der Waals surface area (Å²) in [4.78, 5) is 21.4. The summed E-state index contributed by atoms with van der Waals surface area (Å²) in [5.41, 5.74) is 3.31. The van der Waals surface area contributed by atoms with E-state index in [1.807, 2.05) is 60.8 Å². The molecular weight excluding hydrogens is 490 g/mol. The first-order valence-corrected chi connectivity index (χ1v) is 13.3. The first kappa shape index (κ1) is 23.0. The zero-order valence-corrected chi connectivity index (χ0v) is 21.1. The molecule has 180 valence electrons. The molecule has 0 aliphatic heterocycles. The predicted octanol–water partition coefficient (Wildman–Crippen LogP) is 7.16. The van der Waals surface area contributed by atoms with Crippen LogP contribution in [-0.4, -0.2) is 24.7 Å². The van der Waals surface area contributed by atoms with Crippen LogP contribution in [0.15, 0.2) is 87.9 Å². The van der Waals surface area contributed by atoms with Crippen molar-refractivity contribution < 1.29 is 0 Å². The van der Waals surface area contributed by atoms with Gasteiger partial charge in [-0.15, -0.1) is 10.2 Å². The first-order valence-electron chi connectivity index (χ1n) is 12.1. The molecule has 2 aromatic carbocycles. The lowest BCUT2D eigenvalue weighted by atomic mass is 9.95. The van der Waals surface area contributed by atoms with Crippen LogP contribution in [0.2, 0.25) is 5.02 Å². The molecule has 1 N–H and O–H groups in total. The molecule has 0 spiro atoms. The molecule has 1 aliphatic rings. The Balaban J connectivity index is 1.55. The Morgan fingerprint density at radius 3 is 2.53 bits per heavy atom. The Labute approximate surface area is 217 Å². The fourth-order valence-electron chi connectivity index (χ4n) is 5.03. The van der Waals surface area contributed by atoms with Crippen molar-refractivity contribution in [2.24, 2.45) is 0 Å². The second kappa shape index (κ2) is 9.91. The Kier molecular flexibility index (Phi) is 6.34. The number of nitrogens with one attached hydrogen (secondary N) is 1. The highest BCUT2D eigenvalue weighted by Crippen LogP contribution is 2.41. The van der Waals surface area contributed by atoms with Crippen molar-refractivity contribution in [2.45, 2.75) is 48.2 Å². The molecule has 3 aromatic heterocycles. The monoisotopic (exact) mass is 513 g/mol. The van der Waals surface area contributed by atoms with Gasteiger partial charge in [0.05, 0.1) is 4.90 Å². The number of benzene rings is 2. The number of hydrogen-bond donors (Lipinski definition) is 1. The molecule has 6 nitrogen and oxygen atoms in total. The van der Waals surface area contributed by atoms with E-state index in [2.05, 4.69) is 24.7 Å². The molecule has 0 radical (unpaired) electrons. The van der Waals surface area contributed by atoms with E-state index >= 15 is 0 Å². The van der Waals surface area contributed by atoms with E-state index in [1.54, 1.807) is 12.3 Å². The van der Waals surface area contributed by atoms with Crippen molar-refractivity contribution in [2.75, 3.05) is 0 Å². The van der Waals surface area contributed by atoms with Crippen molar-refractivity contribution >= 4 is 34.3 Å². The summed E-state index contributed by atoms with van der Waals surface area (Å²) < 4.78 is 2.22. The molecule has 1 saturated carbocycles. The predicted molar refractivity (Wildman–Crippen MR) is 145 cm³/mol. The zero-order chi connectivity index (χ0) is 24.5. The standard InChI is InChI=1S/C28H24ClN5OS/c29-20-13-14-23-22(16-20)24(18-8-3-1-4-9-18)25(27(35)31-23)36-28-33-32-26(19-10-7-15-30-17-19)34(28)21-11-5-2-6-12-21/h1,3-4,7-10,13-17,21H,2,5-6,11-12H2,(H,31,35). The lowest BCUT2D eigenvalue weighted by Crippen LogP contribution is -2.16. The molecular formula is C28H24ClN5OS. The topological polar surface area (TPSA) is 76.5 Å². The summed E-state index contributed by atoms with van der Waals surface area (Å²) in [6, 6.07) is 19.7. The number of pyridine rings is 2. The fraction of sp³-hybridized carbons (Fsp3) is 0.214. The van der Waals surface area contributed by atoms with Crippen LogP contribution < -0.4 is 5.56 Å². The maximum Gasteiger partial charge on any atom is 0.263 e. The van der Waals surface area contributed by atoms with Crippen molar-refractivity contribution in [1.29, 1.82) is 0 Å². The van der Waals surface area contributed by atoms with Gasteiger partial charge in [0.25, 0.3) is 5.56 Å². The Hall–Kier alpha value is -3.42. The number of H-pyrrole nitrogens is 1.